The van der Waals surface area contributed by atoms with Gasteiger partial charge in [0.05, 0.1) is 33.4 Å². The Morgan fingerprint density at radius 3 is 1.96 bits per heavy atom. The zero-order chi connectivity index (χ0) is 38.3. The monoisotopic (exact) mass is 736 g/mol. The number of aromatic nitrogens is 6. The molecule has 55 heavy (non-hydrogen) atoms. The van der Waals surface area contributed by atoms with Gasteiger partial charge in [-0.3, -0.25) is 15.0 Å². The molecule has 0 amide bonds. The second kappa shape index (κ2) is 16.0. The summed E-state index contributed by atoms with van der Waals surface area (Å²) >= 11 is 0. The summed E-state index contributed by atoms with van der Waals surface area (Å²) in [6, 6.07) is 38.6. The number of carbonyl (C=O) groups excluding carboxylic acids is 1. The average molecular weight is 737 g/mol. The summed E-state index contributed by atoms with van der Waals surface area (Å²) in [6.07, 6.45) is 0.683. The molecule has 0 radical (unpaired) electrons. The highest BCUT2D eigenvalue weighted by Crippen LogP contribution is 2.33. The first-order valence-electron chi connectivity index (χ1n) is 17.0. The zero-order valence-electron chi connectivity index (χ0n) is 29.6. The van der Waals surface area contributed by atoms with Gasteiger partial charge in [-0.1, -0.05) is 48.5 Å². The van der Waals surface area contributed by atoms with Crippen LogP contribution in [0.1, 0.15) is 10.5 Å². The summed E-state index contributed by atoms with van der Waals surface area (Å²) in [5, 5.41) is 18.5. The lowest BCUT2D eigenvalue weighted by atomic mass is 10.2. The fourth-order valence-electron chi connectivity index (χ4n) is 5.78. The van der Waals surface area contributed by atoms with E-state index in [4.69, 9.17) is 20.2 Å². The first kappa shape index (κ1) is 35.8. The highest BCUT2D eigenvalue weighted by atomic mass is 19.1. The Balaban J connectivity index is 0.000000144. The minimum absolute atomic E-state index is 0.137. The number of nitrogen functional groups attached to an aromatic ring is 1. The Kier molecular flexibility index (Phi) is 10.4. The summed E-state index contributed by atoms with van der Waals surface area (Å²) in [6.45, 7) is 0. The minimum atomic E-state index is -0.439. The summed E-state index contributed by atoms with van der Waals surface area (Å²) in [7, 11) is 3.82. The standard InChI is InChI=1S/C21H15FN4O.C14H9FN2O2.C7H10N2/c1-26-18-8-4-3-7-17(18)23-21(26)20-14-12-13(10-11-16(14)24-25-20)27-19-9-5-2-6-15(19)22;15-11-3-1-2-4-14(11)19-9-5-6-12-10(7-9)13(8-18)17-16-12;1-9-7-5-3-2-4-6(7)8/h2-12H,1H3,(H,24,25);1-8H,(H,16,17);2-5,9H,8H2,1H3. The van der Waals surface area contributed by atoms with Crippen molar-refractivity contribution in [3.05, 3.63) is 151 Å². The van der Waals surface area contributed by atoms with E-state index in [9.17, 15) is 13.6 Å². The number of imidazole rings is 1. The van der Waals surface area contributed by atoms with Gasteiger partial charge in [-0.15, -0.1) is 0 Å². The van der Waals surface area contributed by atoms with Gasteiger partial charge in [0.2, 0.25) is 0 Å². The van der Waals surface area contributed by atoms with E-state index in [0.717, 1.165) is 44.8 Å². The number of hydrogen-bond donors (Lipinski definition) is 4. The van der Waals surface area contributed by atoms with Gasteiger partial charge >= 0.3 is 0 Å². The Labute approximate surface area is 313 Å². The number of benzene rings is 6. The van der Waals surface area contributed by atoms with Gasteiger partial charge in [0.15, 0.2) is 35.2 Å². The normalized spacial score (nSPS) is 10.7. The molecule has 0 bridgehead atoms. The van der Waals surface area contributed by atoms with E-state index in [2.05, 4.69) is 25.7 Å². The number of rotatable bonds is 7. The molecule has 0 aliphatic rings. The summed E-state index contributed by atoms with van der Waals surface area (Å²) in [5.74, 6) is 1.22. The van der Waals surface area contributed by atoms with Crippen molar-refractivity contribution in [1.82, 2.24) is 29.9 Å². The van der Waals surface area contributed by atoms with Crippen molar-refractivity contribution in [3.63, 3.8) is 0 Å². The number of carbonyl (C=O) groups is 1. The lowest BCUT2D eigenvalue weighted by Gasteiger charge is -2.07. The maximum Gasteiger partial charge on any atom is 0.168 e. The van der Waals surface area contributed by atoms with Gasteiger partial charge in [-0.25, -0.2) is 13.8 Å². The molecular weight excluding hydrogens is 703 g/mol. The van der Waals surface area contributed by atoms with E-state index >= 15 is 0 Å². The molecule has 3 heterocycles. The largest absolute Gasteiger partial charge is 0.454 e. The van der Waals surface area contributed by atoms with Crippen LogP contribution in [0.5, 0.6) is 23.0 Å². The van der Waals surface area contributed by atoms with Crippen LogP contribution in [-0.2, 0) is 7.05 Å². The van der Waals surface area contributed by atoms with Crippen molar-refractivity contribution in [2.24, 2.45) is 7.05 Å². The molecule has 0 unspecified atom stereocenters. The Morgan fingerprint density at radius 1 is 0.709 bits per heavy atom. The fourth-order valence-corrected chi connectivity index (χ4v) is 5.78. The third-order valence-corrected chi connectivity index (χ3v) is 8.57. The molecule has 13 heteroatoms. The molecule has 0 atom stereocenters. The molecule has 0 spiro atoms. The molecular formula is C42H34F2N8O3. The molecule has 0 aliphatic carbocycles. The molecule has 11 nitrogen and oxygen atoms in total. The molecule has 0 saturated heterocycles. The van der Waals surface area contributed by atoms with Gasteiger partial charge in [0.1, 0.15) is 22.9 Å². The van der Waals surface area contributed by atoms with E-state index in [-0.39, 0.29) is 11.5 Å². The first-order valence-corrected chi connectivity index (χ1v) is 17.0. The number of hydrogen-bond acceptors (Lipinski definition) is 8. The van der Waals surface area contributed by atoms with Crippen LogP contribution < -0.4 is 20.5 Å². The molecule has 274 valence electrons. The number of aromatic amines is 2. The van der Waals surface area contributed by atoms with E-state index < -0.39 is 11.6 Å². The van der Waals surface area contributed by atoms with Crippen LogP contribution >= 0.6 is 0 Å². The molecule has 0 saturated carbocycles. The second-order valence-electron chi connectivity index (χ2n) is 12.1. The van der Waals surface area contributed by atoms with Crippen LogP contribution in [0.4, 0.5) is 20.2 Å². The zero-order valence-corrected chi connectivity index (χ0v) is 29.6. The number of ether oxygens (including phenoxy) is 2. The molecule has 9 rings (SSSR count). The van der Waals surface area contributed by atoms with E-state index in [1.165, 1.54) is 18.2 Å². The Hall–Kier alpha value is -7.54. The van der Waals surface area contributed by atoms with Crippen LogP contribution in [0.25, 0.3) is 44.4 Å². The minimum Gasteiger partial charge on any atom is -0.454 e. The first-order chi connectivity index (χ1) is 26.8. The molecule has 5 N–H and O–H groups in total. The highest BCUT2D eigenvalue weighted by molar-refractivity contribution is 5.96. The van der Waals surface area contributed by atoms with Crippen LogP contribution in [0, 0.1) is 11.6 Å². The second-order valence-corrected chi connectivity index (χ2v) is 12.1. The number of nitrogens with one attached hydrogen (secondary N) is 3. The van der Waals surface area contributed by atoms with Crippen LogP contribution in [0.15, 0.2) is 133 Å². The van der Waals surface area contributed by atoms with Crippen molar-refractivity contribution < 1.29 is 23.0 Å². The fraction of sp³-hybridized carbons (Fsp3) is 0.0476. The third kappa shape index (κ3) is 7.81. The van der Waals surface area contributed by atoms with Gasteiger partial charge in [-0.2, -0.15) is 10.2 Å². The van der Waals surface area contributed by atoms with Crippen LogP contribution in [0.3, 0.4) is 0 Å². The number of H-pyrrole nitrogens is 2. The SMILES string of the molecule is CNc1ccccc1N.Cn1c(-c2n[nH]c3ccc(Oc4ccccc4F)cc23)nc2ccccc21.O=Cc1[nH]nc2ccc(Oc3ccccc3F)cc12. The quantitative estimate of drug-likeness (QED) is 0.0934. The van der Waals surface area contributed by atoms with Crippen LogP contribution in [0.2, 0.25) is 0 Å². The molecule has 0 fully saturated rings. The predicted molar refractivity (Wildman–Crippen MR) is 211 cm³/mol. The summed E-state index contributed by atoms with van der Waals surface area (Å²) in [5.41, 5.74) is 11.9. The van der Waals surface area contributed by atoms with E-state index in [0.29, 0.717) is 34.4 Å². The number of nitrogens with zero attached hydrogens (tertiary/aromatic N) is 4. The van der Waals surface area contributed by atoms with Crippen molar-refractivity contribution in [1.29, 1.82) is 0 Å². The lowest BCUT2D eigenvalue weighted by Crippen LogP contribution is -1.93. The van der Waals surface area contributed by atoms with Crippen molar-refractivity contribution >= 4 is 50.5 Å². The highest BCUT2D eigenvalue weighted by Gasteiger charge is 2.17. The number of para-hydroxylation sites is 6. The molecule has 0 aliphatic heterocycles. The van der Waals surface area contributed by atoms with Gasteiger partial charge in [-0.05, 0) is 84.9 Å². The number of anilines is 2. The number of aryl methyl sites for hydroxylation is 1. The van der Waals surface area contributed by atoms with Crippen molar-refractivity contribution in [2.45, 2.75) is 0 Å². The smallest absolute Gasteiger partial charge is 0.168 e. The molecule has 3 aromatic heterocycles. The van der Waals surface area contributed by atoms with E-state index in [1.807, 2.05) is 79.3 Å². The predicted octanol–water partition coefficient (Wildman–Crippen LogP) is 9.67. The topological polar surface area (TPSA) is 149 Å². The van der Waals surface area contributed by atoms with Crippen molar-refractivity contribution in [2.75, 3.05) is 18.1 Å². The maximum absolute atomic E-state index is 13.9. The summed E-state index contributed by atoms with van der Waals surface area (Å²) in [4.78, 5) is 15.5. The number of nitrogens with two attached hydrogens (primary N) is 1. The van der Waals surface area contributed by atoms with E-state index in [1.54, 1.807) is 54.6 Å². The third-order valence-electron chi connectivity index (χ3n) is 8.57. The van der Waals surface area contributed by atoms with Crippen molar-refractivity contribution in [3.8, 4) is 34.5 Å². The molecule has 9 aromatic rings. The average Bonchev–Trinajstić information content (AvgIpc) is 3.92. The summed E-state index contributed by atoms with van der Waals surface area (Å²) < 4.78 is 40.5. The molecule has 6 aromatic carbocycles. The van der Waals surface area contributed by atoms with Gasteiger partial charge < -0.3 is 25.1 Å². The number of fused-ring (bicyclic) bond motifs is 3. The maximum atomic E-state index is 13.9. The Bertz CT molecular complexity index is 2760. The van der Waals surface area contributed by atoms with Gasteiger partial charge in [0, 0.05) is 24.9 Å². The number of halogens is 2. The Morgan fingerprint density at radius 2 is 1.33 bits per heavy atom. The van der Waals surface area contributed by atoms with Gasteiger partial charge in [0.25, 0.3) is 0 Å². The number of aldehydes is 1. The van der Waals surface area contributed by atoms with Crippen LogP contribution in [-0.4, -0.2) is 43.3 Å². The lowest BCUT2D eigenvalue weighted by molar-refractivity contribution is 0.112.